The Bertz CT molecular complexity index is 922. The van der Waals surface area contributed by atoms with Gasteiger partial charge in [0.1, 0.15) is 6.61 Å². The summed E-state index contributed by atoms with van der Waals surface area (Å²) in [7, 11) is -2.97. The lowest BCUT2D eigenvalue weighted by Gasteiger charge is -2.48. The molecule has 8 heteroatoms. The van der Waals surface area contributed by atoms with Gasteiger partial charge in [-0.05, 0) is 67.4 Å². The standard InChI is InChI=1S/C24H35N3O4S/c1-2-7-19-20(24(25)28)16-21(27-12-5-6-15-32(27,29)30)23(22(19)17-8-3-4-9-17)26-18-10-13-31-14-11-18/h10-11,13,16-17,26,29-30H,2-9,12,14-15H2,1H3,(H2,25,28). The average molecular weight is 462 g/mol. The number of amides is 1. The predicted octanol–water partition coefficient (Wildman–Crippen LogP) is 5.50. The van der Waals surface area contributed by atoms with Crippen LogP contribution >= 0.6 is 10.8 Å². The minimum atomic E-state index is -2.97. The van der Waals surface area contributed by atoms with Gasteiger partial charge in [-0.3, -0.25) is 18.2 Å². The SMILES string of the molecule is CCCc1c(C(N)=O)cc(N2CCCCS2(O)O)c(NC2=CCOC=C2)c1C1CCCC1. The van der Waals surface area contributed by atoms with Gasteiger partial charge in [0.05, 0.1) is 23.4 Å². The average Bonchev–Trinajstić information content (AvgIpc) is 3.29. The highest BCUT2D eigenvalue weighted by molar-refractivity contribution is 8.25. The van der Waals surface area contributed by atoms with Crippen molar-refractivity contribution in [3.05, 3.63) is 46.9 Å². The number of rotatable bonds is 7. The number of anilines is 2. The fourth-order valence-electron chi connectivity index (χ4n) is 5.17. The van der Waals surface area contributed by atoms with Gasteiger partial charge in [0.15, 0.2) is 0 Å². The van der Waals surface area contributed by atoms with E-state index in [4.69, 9.17) is 10.5 Å². The van der Waals surface area contributed by atoms with Gasteiger partial charge in [0.25, 0.3) is 0 Å². The highest BCUT2D eigenvalue weighted by Gasteiger charge is 2.34. The summed E-state index contributed by atoms with van der Waals surface area (Å²) in [6.07, 6.45) is 13.2. The molecule has 1 aliphatic carbocycles. The maximum atomic E-state index is 12.6. The van der Waals surface area contributed by atoms with Gasteiger partial charge in [-0.2, -0.15) is 0 Å². The summed E-state index contributed by atoms with van der Waals surface area (Å²) < 4.78 is 28.9. The van der Waals surface area contributed by atoms with Crippen molar-refractivity contribution >= 4 is 28.1 Å². The first-order valence-corrected chi connectivity index (χ1v) is 13.4. The number of carbonyl (C=O) groups is 1. The number of nitrogens with two attached hydrogens (primary N) is 1. The Morgan fingerprint density at radius 1 is 1.28 bits per heavy atom. The van der Waals surface area contributed by atoms with Gasteiger partial charge in [-0.25, -0.2) is 0 Å². The maximum Gasteiger partial charge on any atom is 0.249 e. The van der Waals surface area contributed by atoms with Crippen molar-refractivity contribution in [1.29, 1.82) is 0 Å². The van der Waals surface area contributed by atoms with Crippen molar-refractivity contribution in [1.82, 2.24) is 0 Å². The van der Waals surface area contributed by atoms with E-state index in [0.29, 0.717) is 36.1 Å². The lowest BCUT2D eigenvalue weighted by Crippen LogP contribution is -2.35. The minimum absolute atomic E-state index is 0.313. The van der Waals surface area contributed by atoms with E-state index in [-0.39, 0.29) is 0 Å². The van der Waals surface area contributed by atoms with E-state index >= 15 is 0 Å². The molecule has 0 spiro atoms. The lowest BCUT2D eigenvalue weighted by atomic mass is 9.85. The molecular formula is C24H35N3O4S. The summed E-state index contributed by atoms with van der Waals surface area (Å²) in [5, 5.41) is 3.59. The van der Waals surface area contributed by atoms with Crippen LogP contribution in [0.4, 0.5) is 11.4 Å². The molecule has 3 aliphatic rings. The third-order valence-corrected chi connectivity index (χ3v) is 8.57. The van der Waals surface area contributed by atoms with Crippen LogP contribution in [0.2, 0.25) is 0 Å². The van der Waals surface area contributed by atoms with E-state index in [0.717, 1.165) is 73.9 Å². The Morgan fingerprint density at radius 3 is 2.69 bits per heavy atom. The fraction of sp³-hybridized carbons (Fsp3) is 0.542. The summed E-state index contributed by atoms with van der Waals surface area (Å²) in [5.74, 6) is 0.192. The topological polar surface area (TPSA) is 108 Å². The first kappa shape index (κ1) is 23.0. The molecule has 176 valence electrons. The molecule has 2 aliphatic heterocycles. The van der Waals surface area contributed by atoms with Crippen molar-refractivity contribution in [2.45, 2.75) is 64.2 Å². The summed E-state index contributed by atoms with van der Waals surface area (Å²) in [6.45, 7) is 3.12. The first-order valence-electron chi connectivity index (χ1n) is 11.7. The Balaban J connectivity index is 1.96. The van der Waals surface area contributed by atoms with Gasteiger partial charge in [-0.1, -0.05) is 26.2 Å². The van der Waals surface area contributed by atoms with Crippen LogP contribution in [-0.4, -0.2) is 33.9 Å². The van der Waals surface area contributed by atoms with E-state index in [1.54, 1.807) is 16.6 Å². The van der Waals surface area contributed by atoms with Crippen LogP contribution in [0.25, 0.3) is 0 Å². The summed E-state index contributed by atoms with van der Waals surface area (Å²) in [4.78, 5) is 12.6. The molecule has 2 fully saturated rings. The van der Waals surface area contributed by atoms with Crippen molar-refractivity contribution in [2.24, 2.45) is 5.73 Å². The van der Waals surface area contributed by atoms with Crippen molar-refractivity contribution in [3.8, 4) is 0 Å². The molecule has 1 saturated carbocycles. The first-order chi connectivity index (χ1) is 15.4. The zero-order chi connectivity index (χ0) is 22.7. The van der Waals surface area contributed by atoms with Crippen LogP contribution in [0.5, 0.6) is 0 Å². The van der Waals surface area contributed by atoms with Crippen LogP contribution in [0.15, 0.2) is 30.2 Å². The molecule has 0 atom stereocenters. The van der Waals surface area contributed by atoms with Crippen LogP contribution in [0, 0.1) is 0 Å². The molecule has 0 aromatic heterocycles. The number of ether oxygens (including phenoxy) is 1. The second-order valence-corrected chi connectivity index (χ2v) is 11.0. The van der Waals surface area contributed by atoms with Gasteiger partial charge in [0, 0.05) is 17.8 Å². The van der Waals surface area contributed by atoms with Crippen molar-refractivity contribution in [3.63, 3.8) is 0 Å². The highest BCUT2D eigenvalue weighted by atomic mass is 32.3. The second kappa shape index (κ2) is 9.77. The van der Waals surface area contributed by atoms with Crippen LogP contribution < -0.4 is 15.4 Å². The van der Waals surface area contributed by atoms with Crippen LogP contribution in [0.1, 0.15) is 79.3 Å². The molecule has 7 nitrogen and oxygen atoms in total. The molecule has 1 aromatic rings. The third kappa shape index (κ3) is 4.63. The summed E-state index contributed by atoms with van der Waals surface area (Å²) in [6, 6.07) is 1.79. The van der Waals surface area contributed by atoms with Crippen molar-refractivity contribution < 1.29 is 18.6 Å². The number of nitrogens with one attached hydrogen (secondary N) is 1. The number of hydrogen-bond acceptors (Lipinski definition) is 6. The number of hydrogen-bond donors (Lipinski definition) is 4. The predicted molar refractivity (Wildman–Crippen MR) is 131 cm³/mol. The smallest absolute Gasteiger partial charge is 0.249 e. The second-order valence-electron chi connectivity index (χ2n) is 8.87. The fourth-order valence-corrected chi connectivity index (χ4v) is 6.86. The third-order valence-electron chi connectivity index (χ3n) is 6.65. The van der Waals surface area contributed by atoms with E-state index < -0.39 is 16.7 Å². The monoisotopic (exact) mass is 461 g/mol. The Morgan fingerprint density at radius 2 is 2.06 bits per heavy atom. The molecule has 4 rings (SSSR count). The molecule has 1 saturated heterocycles. The summed E-state index contributed by atoms with van der Waals surface area (Å²) >= 11 is 0. The molecule has 0 unspecified atom stereocenters. The molecule has 0 bridgehead atoms. The van der Waals surface area contributed by atoms with Crippen LogP contribution in [-0.2, 0) is 11.2 Å². The Labute approximate surface area is 192 Å². The number of nitrogens with zero attached hydrogens (tertiary/aromatic N) is 1. The highest BCUT2D eigenvalue weighted by Crippen LogP contribution is 2.54. The number of primary amides is 1. The van der Waals surface area contributed by atoms with Crippen LogP contribution in [0.3, 0.4) is 0 Å². The molecule has 1 amide bonds. The number of allylic oxidation sites excluding steroid dienone is 1. The van der Waals surface area contributed by atoms with Gasteiger partial charge in [-0.15, -0.1) is 10.8 Å². The molecular weight excluding hydrogens is 426 g/mol. The molecule has 32 heavy (non-hydrogen) atoms. The molecule has 2 heterocycles. The largest absolute Gasteiger partial charge is 0.497 e. The zero-order valence-electron chi connectivity index (χ0n) is 18.8. The van der Waals surface area contributed by atoms with E-state index in [1.807, 2.05) is 12.2 Å². The zero-order valence-corrected chi connectivity index (χ0v) is 19.6. The lowest BCUT2D eigenvalue weighted by molar-refractivity contribution is 0.0999. The molecule has 0 radical (unpaired) electrons. The van der Waals surface area contributed by atoms with Gasteiger partial charge < -0.3 is 15.8 Å². The molecule has 5 N–H and O–H groups in total. The summed E-state index contributed by atoms with van der Waals surface area (Å²) in [5.41, 5.74) is 11.0. The van der Waals surface area contributed by atoms with E-state index in [9.17, 15) is 13.9 Å². The molecule has 1 aromatic carbocycles. The van der Waals surface area contributed by atoms with Crippen molar-refractivity contribution in [2.75, 3.05) is 28.5 Å². The normalized spacial score (nSPS) is 21.7. The van der Waals surface area contributed by atoms with Gasteiger partial charge >= 0.3 is 0 Å². The Hall–Kier alpha value is -2.16. The van der Waals surface area contributed by atoms with Gasteiger partial charge in [0.2, 0.25) is 5.91 Å². The van der Waals surface area contributed by atoms with E-state index in [1.165, 1.54) is 0 Å². The quantitative estimate of drug-likeness (QED) is 0.427. The number of benzene rings is 1. The minimum Gasteiger partial charge on any atom is -0.497 e. The number of carbonyl (C=O) groups excluding carboxylic acids is 1. The Kier molecular flexibility index (Phi) is 7.02. The van der Waals surface area contributed by atoms with E-state index in [2.05, 4.69) is 12.2 Å². The maximum absolute atomic E-state index is 12.6.